The van der Waals surface area contributed by atoms with E-state index in [4.69, 9.17) is 5.73 Å². The fourth-order valence-corrected chi connectivity index (χ4v) is 4.42. The minimum absolute atomic E-state index is 0.421. The van der Waals surface area contributed by atoms with Crippen LogP contribution in [0.4, 0.5) is 0 Å². The number of hydrogen-bond donors (Lipinski definition) is 1. The van der Waals surface area contributed by atoms with Gasteiger partial charge in [-0.25, -0.2) is 12.7 Å². The smallest absolute Gasteiger partial charge is 0.252 e. The van der Waals surface area contributed by atoms with Crippen molar-refractivity contribution in [1.29, 1.82) is 0 Å². The van der Waals surface area contributed by atoms with Gasteiger partial charge in [0.2, 0.25) is 0 Å². The molecule has 0 aliphatic carbocycles. The van der Waals surface area contributed by atoms with Gasteiger partial charge >= 0.3 is 0 Å². The van der Waals surface area contributed by atoms with Crippen LogP contribution in [0.3, 0.4) is 0 Å². The molecule has 0 spiro atoms. The van der Waals surface area contributed by atoms with Gasteiger partial charge in [-0.15, -0.1) is 11.3 Å². The average Bonchev–Trinajstić information content (AvgIpc) is 2.79. The van der Waals surface area contributed by atoms with E-state index >= 15 is 0 Å². The molecule has 1 aromatic rings. The van der Waals surface area contributed by atoms with E-state index in [1.807, 2.05) is 6.07 Å². The monoisotopic (exact) mass is 290 g/mol. The van der Waals surface area contributed by atoms with Gasteiger partial charge in [0.15, 0.2) is 0 Å². The van der Waals surface area contributed by atoms with Crippen molar-refractivity contribution >= 4 is 21.4 Å². The standard InChI is InChI=1S/C12H22N2O2S2/c1-3-4-5-10-14(2)18(15,16)12-7-6-11(17-12)8-9-13/h6-7H,3-5,8-10,13H2,1-2H3. The topological polar surface area (TPSA) is 63.4 Å². The fourth-order valence-electron chi connectivity index (χ4n) is 1.63. The first-order valence-electron chi connectivity index (χ1n) is 6.27. The minimum atomic E-state index is -3.31. The quantitative estimate of drug-likeness (QED) is 0.745. The van der Waals surface area contributed by atoms with Crippen LogP contribution in [0, 0.1) is 0 Å². The van der Waals surface area contributed by atoms with Crippen LogP contribution in [0.15, 0.2) is 16.3 Å². The maximum absolute atomic E-state index is 12.2. The summed E-state index contributed by atoms with van der Waals surface area (Å²) in [5.74, 6) is 0. The van der Waals surface area contributed by atoms with Crippen molar-refractivity contribution in [2.75, 3.05) is 20.1 Å². The molecule has 0 bridgehead atoms. The van der Waals surface area contributed by atoms with Gasteiger partial charge in [0, 0.05) is 18.5 Å². The maximum atomic E-state index is 12.2. The molecule has 0 fully saturated rings. The average molecular weight is 290 g/mol. The third kappa shape index (κ3) is 4.05. The molecule has 104 valence electrons. The molecule has 0 saturated carbocycles. The van der Waals surface area contributed by atoms with Crippen LogP contribution in [-0.4, -0.2) is 32.9 Å². The Morgan fingerprint density at radius 2 is 2.06 bits per heavy atom. The van der Waals surface area contributed by atoms with Crippen LogP contribution in [-0.2, 0) is 16.4 Å². The Kier molecular flexibility index (Phi) is 6.28. The van der Waals surface area contributed by atoms with E-state index < -0.39 is 10.0 Å². The van der Waals surface area contributed by atoms with Gasteiger partial charge in [0.1, 0.15) is 4.21 Å². The molecule has 1 heterocycles. The maximum Gasteiger partial charge on any atom is 0.252 e. The molecule has 2 N–H and O–H groups in total. The second kappa shape index (κ2) is 7.23. The van der Waals surface area contributed by atoms with Crippen molar-refractivity contribution in [3.63, 3.8) is 0 Å². The van der Waals surface area contributed by atoms with E-state index in [0.717, 1.165) is 30.6 Å². The zero-order valence-electron chi connectivity index (χ0n) is 11.1. The molecule has 6 heteroatoms. The molecule has 0 aliphatic rings. The van der Waals surface area contributed by atoms with Gasteiger partial charge in [-0.1, -0.05) is 19.8 Å². The Balaban J connectivity index is 2.71. The Morgan fingerprint density at radius 3 is 2.67 bits per heavy atom. The SMILES string of the molecule is CCCCCN(C)S(=O)(=O)c1ccc(CCN)s1. The van der Waals surface area contributed by atoms with Crippen molar-refractivity contribution in [3.05, 3.63) is 17.0 Å². The lowest BCUT2D eigenvalue weighted by molar-refractivity contribution is 0.456. The number of unbranched alkanes of at least 4 members (excludes halogenated alkanes) is 2. The van der Waals surface area contributed by atoms with Crippen LogP contribution in [0.1, 0.15) is 31.1 Å². The number of nitrogens with zero attached hydrogens (tertiary/aromatic N) is 1. The highest BCUT2D eigenvalue weighted by molar-refractivity contribution is 7.91. The molecule has 1 aromatic heterocycles. The van der Waals surface area contributed by atoms with E-state index in [0.29, 0.717) is 17.3 Å². The predicted octanol–water partition coefficient (Wildman–Crippen LogP) is 2.06. The molecule has 0 radical (unpaired) electrons. The summed E-state index contributed by atoms with van der Waals surface area (Å²) in [6.45, 7) is 3.24. The Labute approximate surface area is 114 Å². The summed E-state index contributed by atoms with van der Waals surface area (Å²) < 4.78 is 26.4. The van der Waals surface area contributed by atoms with Gasteiger partial charge in [-0.2, -0.15) is 0 Å². The first-order chi connectivity index (χ1) is 8.52. The predicted molar refractivity (Wildman–Crippen MR) is 76.4 cm³/mol. The van der Waals surface area contributed by atoms with Gasteiger partial charge in [0.25, 0.3) is 10.0 Å². The molecule has 0 amide bonds. The number of hydrogen-bond acceptors (Lipinski definition) is 4. The lowest BCUT2D eigenvalue weighted by Crippen LogP contribution is -2.27. The first kappa shape index (κ1) is 15.6. The van der Waals surface area contributed by atoms with Crippen molar-refractivity contribution < 1.29 is 8.42 Å². The molecule has 0 aromatic carbocycles. The molecule has 0 atom stereocenters. The molecular weight excluding hydrogens is 268 g/mol. The van der Waals surface area contributed by atoms with E-state index in [9.17, 15) is 8.42 Å². The van der Waals surface area contributed by atoms with E-state index in [2.05, 4.69) is 6.92 Å². The lowest BCUT2D eigenvalue weighted by atomic mass is 10.2. The zero-order chi connectivity index (χ0) is 13.6. The summed E-state index contributed by atoms with van der Waals surface area (Å²) in [4.78, 5) is 1.03. The Morgan fingerprint density at radius 1 is 1.33 bits per heavy atom. The highest BCUT2D eigenvalue weighted by atomic mass is 32.2. The summed E-state index contributed by atoms with van der Waals surface area (Å²) in [5.41, 5.74) is 5.47. The molecule has 1 rings (SSSR count). The van der Waals surface area contributed by atoms with Gasteiger partial charge < -0.3 is 5.73 Å². The normalized spacial score (nSPS) is 12.2. The van der Waals surface area contributed by atoms with E-state index in [-0.39, 0.29) is 0 Å². The second-order valence-corrected chi connectivity index (χ2v) is 7.73. The number of sulfonamides is 1. The summed E-state index contributed by atoms with van der Waals surface area (Å²) in [5, 5.41) is 0. The Bertz CT molecular complexity index is 454. The van der Waals surface area contributed by atoms with Crippen LogP contribution < -0.4 is 5.73 Å². The van der Waals surface area contributed by atoms with Gasteiger partial charge in [-0.3, -0.25) is 0 Å². The Hall–Kier alpha value is -0.430. The van der Waals surface area contributed by atoms with Crippen LogP contribution in [0.2, 0.25) is 0 Å². The molecule has 4 nitrogen and oxygen atoms in total. The summed E-state index contributed by atoms with van der Waals surface area (Å²) in [6, 6.07) is 3.53. The highest BCUT2D eigenvalue weighted by Gasteiger charge is 2.22. The number of thiophene rings is 1. The summed E-state index contributed by atoms with van der Waals surface area (Å²) in [6.07, 6.45) is 3.79. The van der Waals surface area contributed by atoms with Crippen molar-refractivity contribution in [2.45, 2.75) is 36.8 Å². The minimum Gasteiger partial charge on any atom is -0.330 e. The zero-order valence-corrected chi connectivity index (χ0v) is 12.7. The molecule has 0 unspecified atom stereocenters. The number of rotatable bonds is 8. The molecule has 0 saturated heterocycles. The fraction of sp³-hybridized carbons (Fsp3) is 0.667. The molecule has 18 heavy (non-hydrogen) atoms. The highest BCUT2D eigenvalue weighted by Crippen LogP contribution is 2.24. The van der Waals surface area contributed by atoms with Gasteiger partial charge in [-0.05, 0) is 31.5 Å². The van der Waals surface area contributed by atoms with Crippen molar-refractivity contribution in [1.82, 2.24) is 4.31 Å². The van der Waals surface area contributed by atoms with E-state index in [1.165, 1.54) is 15.6 Å². The molecule has 0 aliphatic heterocycles. The largest absolute Gasteiger partial charge is 0.330 e. The van der Waals surface area contributed by atoms with Crippen LogP contribution in [0.5, 0.6) is 0 Å². The second-order valence-electron chi connectivity index (χ2n) is 4.29. The first-order valence-corrected chi connectivity index (χ1v) is 8.53. The number of nitrogens with two attached hydrogens (primary N) is 1. The third-order valence-corrected chi connectivity index (χ3v) is 6.24. The van der Waals surface area contributed by atoms with Crippen LogP contribution >= 0.6 is 11.3 Å². The van der Waals surface area contributed by atoms with Crippen molar-refractivity contribution in [2.24, 2.45) is 5.73 Å². The van der Waals surface area contributed by atoms with Crippen molar-refractivity contribution in [3.8, 4) is 0 Å². The van der Waals surface area contributed by atoms with Crippen LogP contribution in [0.25, 0.3) is 0 Å². The lowest BCUT2D eigenvalue weighted by Gasteiger charge is -2.15. The third-order valence-electron chi connectivity index (χ3n) is 2.77. The molecular formula is C12H22N2O2S2. The summed E-state index contributed by atoms with van der Waals surface area (Å²) in [7, 11) is -1.66. The van der Waals surface area contributed by atoms with Gasteiger partial charge in [0.05, 0.1) is 0 Å². The summed E-state index contributed by atoms with van der Waals surface area (Å²) >= 11 is 1.32. The van der Waals surface area contributed by atoms with E-state index in [1.54, 1.807) is 13.1 Å².